The van der Waals surface area contributed by atoms with Gasteiger partial charge in [0.05, 0.1) is 0 Å². The van der Waals surface area contributed by atoms with E-state index in [1.165, 1.54) is 11.1 Å². The van der Waals surface area contributed by atoms with Crippen LogP contribution in [0.5, 0.6) is 0 Å². The molecule has 0 heterocycles. The Morgan fingerprint density at radius 1 is 1.00 bits per heavy atom. The second-order valence-corrected chi connectivity index (χ2v) is 7.22. The van der Waals surface area contributed by atoms with Crippen LogP contribution in [0.2, 0.25) is 0 Å². The highest BCUT2D eigenvalue weighted by molar-refractivity contribution is 5.89. The Morgan fingerprint density at radius 3 is 2.14 bits per heavy atom. The molecule has 2 amide bonds. The molecular weight excluding hydrogens is 356 g/mol. The molecule has 28 heavy (non-hydrogen) atoms. The molecule has 0 atom stereocenters. The lowest BCUT2D eigenvalue weighted by atomic mass is 9.98. The number of nitrogens with one attached hydrogen (secondary N) is 2. The molecule has 2 aromatic rings. The molecule has 0 saturated heterocycles. The van der Waals surface area contributed by atoms with Crippen molar-refractivity contribution in [3.8, 4) is 11.1 Å². The van der Waals surface area contributed by atoms with E-state index in [-0.39, 0.29) is 25.2 Å². The summed E-state index contributed by atoms with van der Waals surface area (Å²) < 4.78 is 10.6. The maximum absolute atomic E-state index is 12.3. The Labute approximate surface area is 165 Å². The zero-order valence-electron chi connectivity index (χ0n) is 16.5. The fraction of sp³-hybridized carbons (Fsp3) is 0.364. The van der Waals surface area contributed by atoms with E-state index < -0.39 is 11.6 Å². The van der Waals surface area contributed by atoms with Crippen molar-refractivity contribution in [2.24, 2.45) is 0 Å². The van der Waals surface area contributed by atoms with Gasteiger partial charge in [0.25, 0.3) is 0 Å². The van der Waals surface area contributed by atoms with E-state index in [0.717, 1.165) is 11.1 Å². The molecule has 6 nitrogen and oxygen atoms in total. The second kappa shape index (κ2) is 8.44. The van der Waals surface area contributed by atoms with E-state index in [2.05, 4.69) is 34.9 Å². The third-order valence-corrected chi connectivity index (χ3v) is 4.86. The number of hydrogen-bond donors (Lipinski definition) is 2. The fourth-order valence-electron chi connectivity index (χ4n) is 3.39. The van der Waals surface area contributed by atoms with Crippen LogP contribution >= 0.6 is 0 Å². The van der Waals surface area contributed by atoms with Gasteiger partial charge in [-0.05, 0) is 43.0 Å². The largest absolute Gasteiger partial charge is 0.449 e. The minimum atomic E-state index is -1.11. The quantitative estimate of drug-likeness (QED) is 0.568. The van der Waals surface area contributed by atoms with Crippen LogP contribution in [0.25, 0.3) is 11.1 Å². The van der Waals surface area contributed by atoms with Crippen LogP contribution in [0.4, 0.5) is 4.79 Å². The number of ether oxygens (including phenoxy) is 2. The number of fused-ring (bicyclic) bond motifs is 3. The molecule has 2 N–H and O–H groups in total. The molecule has 0 saturated carbocycles. The smallest absolute Gasteiger partial charge is 0.408 e. The van der Waals surface area contributed by atoms with E-state index in [4.69, 9.17) is 9.47 Å². The Bertz CT molecular complexity index is 818. The number of carbonyl (C=O) groups is 2. The van der Waals surface area contributed by atoms with Gasteiger partial charge in [-0.1, -0.05) is 48.5 Å². The molecule has 3 rings (SSSR count). The van der Waals surface area contributed by atoms with Gasteiger partial charge in [0.2, 0.25) is 5.91 Å². The van der Waals surface area contributed by atoms with Gasteiger partial charge in [-0.25, -0.2) is 4.79 Å². The van der Waals surface area contributed by atoms with Gasteiger partial charge in [0, 0.05) is 12.5 Å². The molecule has 0 bridgehead atoms. The molecule has 6 heteroatoms. The highest BCUT2D eigenvalue weighted by atomic mass is 16.5. The second-order valence-electron chi connectivity index (χ2n) is 7.22. The summed E-state index contributed by atoms with van der Waals surface area (Å²) in [4.78, 5) is 24.5. The maximum atomic E-state index is 12.3. The molecule has 2 aromatic carbocycles. The van der Waals surface area contributed by atoms with Crippen molar-refractivity contribution < 1.29 is 19.1 Å². The molecule has 1 aliphatic rings. The first-order chi connectivity index (χ1) is 13.4. The fourth-order valence-corrected chi connectivity index (χ4v) is 3.39. The van der Waals surface area contributed by atoms with Crippen molar-refractivity contribution in [1.29, 1.82) is 0 Å². The molecule has 0 fully saturated rings. The standard InChI is InChI=1S/C22H26N2O4/c1-4-27-14-23-20(25)22(2,3)24-21(26)28-13-19-17-11-7-5-9-15(17)16-10-6-8-12-18(16)19/h5-12,19H,4,13-14H2,1-3H3,(H,23,25)(H,24,26). The lowest BCUT2D eigenvalue weighted by Crippen LogP contribution is -2.55. The molecule has 148 valence electrons. The van der Waals surface area contributed by atoms with E-state index in [0.29, 0.717) is 6.61 Å². The van der Waals surface area contributed by atoms with Crippen LogP contribution < -0.4 is 10.6 Å². The summed E-state index contributed by atoms with van der Waals surface area (Å²) in [7, 11) is 0. The summed E-state index contributed by atoms with van der Waals surface area (Å²) in [6.07, 6.45) is -0.626. The molecule has 1 aliphatic carbocycles. The first-order valence-electron chi connectivity index (χ1n) is 9.43. The Hall–Kier alpha value is -2.86. The van der Waals surface area contributed by atoms with E-state index >= 15 is 0 Å². The van der Waals surface area contributed by atoms with Gasteiger partial charge in [-0.2, -0.15) is 0 Å². The van der Waals surface area contributed by atoms with Gasteiger partial charge in [0.1, 0.15) is 18.9 Å². The number of amides is 2. The van der Waals surface area contributed by atoms with E-state index in [1.807, 2.05) is 31.2 Å². The van der Waals surface area contributed by atoms with Gasteiger partial charge in [-0.15, -0.1) is 0 Å². The highest BCUT2D eigenvalue weighted by Gasteiger charge is 2.32. The van der Waals surface area contributed by atoms with Crippen LogP contribution in [-0.4, -0.2) is 37.5 Å². The Balaban J connectivity index is 1.63. The lowest BCUT2D eigenvalue weighted by molar-refractivity contribution is -0.128. The predicted octanol–water partition coefficient (Wildman–Crippen LogP) is 3.41. The van der Waals surface area contributed by atoms with Crippen molar-refractivity contribution in [2.75, 3.05) is 19.9 Å². The average Bonchev–Trinajstić information content (AvgIpc) is 3.00. The summed E-state index contributed by atoms with van der Waals surface area (Å²) in [5, 5.41) is 5.25. The van der Waals surface area contributed by atoms with Gasteiger partial charge in [-0.3, -0.25) is 4.79 Å². The van der Waals surface area contributed by atoms with Crippen LogP contribution in [-0.2, 0) is 14.3 Å². The van der Waals surface area contributed by atoms with Crippen molar-refractivity contribution in [3.05, 3.63) is 59.7 Å². The maximum Gasteiger partial charge on any atom is 0.408 e. The van der Waals surface area contributed by atoms with E-state index in [9.17, 15) is 9.59 Å². The van der Waals surface area contributed by atoms with E-state index in [1.54, 1.807) is 13.8 Å². The van der Waals surface area contributed by atoms with Crippen LogP contribution in [0.15, 0.2) is 48.5 Å². The zero-order valence-corrected chi connectivity index (χ0v) is 16.5. The normalized spacial score (nSPS) is 12.8. The molecule has 0 radical (unpaired) electrons. The monoisotopic (exact) mass is 382 g/mol. The number of rotatable bonds is 7. The van der Waals surface area contributed by atoms with Gasteiger partial charge < -0.3 is 20.1 Å². The SMILES string of the molecule is CCOCNC(=O)C(C)(C)NC(=O)OCC1c2ccccc2-c2ccccc21. The lowest BCUT2D eigenvalue weighted by Gasteiger charge is -2.25. The van der Waals surface area contributed by atoms with Crippen LogP contribution in [0.3, 0.4) is 0 Å². The number of hydrogen-bond acceptors (Lipinski definition) is 4. The summed E-state index contributed by atoms with van der Waals surface area (Å²) >= 11 is 0. The molecule has 0 spiro atoms. The average molecular weight is 382 g/mol. The highest BCUT2D eigenvalue weighted by Crippen LogP contribution is 2.44. The number of alkyl carbamates (subject to hydrolysis) is 1. The van der Waals surface area contributed by atoms with Gasteiger partial charge in [0.15, 0.2) is 0 Å². The van der Waals surface area contributed by atoms with Crippen molar-refractivity contribution in [1.82, 2.24) is 10.6 Å². The summed E-state index contributed by atoms with van der Waals surface area (Å²) in [5.74, 6) is -0.359. The van der Waals surface area contributed by atoms with Crippen LogP contribution in [0.1, 0.15) is 37.8 Å². The van der Waals surface area contributed by atoms with Crippen molar-refractivity contribution in [2.45, 2.75) is 32.2 Å². The van der Waals surface area contributed by atoms with Gasteiger partial charge >= 0.3 is 6.09 Å². The topological polar surface area (TPSA) is 76.7 Å². The first-order valence-corrected chi connectivity index (χ1v) is 9.43. The third kappa shape index (κ3) is 4.17. The third-order valence-electron chi connectivity index (χ3n) is 4.86. The zero-order chi connectivity index (χ0) is 20.1. The molecule has 0 aliphatic heterocycles. The number of benzene rings is 2. The van der Waals surface area contributed by atoms with Crippen molar-refractivity contribution in [3.63, 3.8) is 0 Å². The number of carbonyl (C=O) groups excluding carboxylic acids is 2. The summed E-state index contributed by atoms with van der Waals surface area (Å²) in [6, 6.07) is 16.3. The first kappa shape index (κ1) is 19.9. The molecule has 0 unspecified atom stereocenters. The Kier molecular flexibility index (Phi) is 5.99. The van der Waals surface area contributed by atoms with Crippen LogP contribution in [0, 0.1) is 0 Å². The predicted molar refractivity (Wildman–Crippen MR) is 107 cm³/mol. The summed E-state index contributed by atoms with van der Waals surface area (Å²) in [6.45, 7) is 5.89. The minimum absolute atomic E-state index is 0.0203. The molecular formula is C22H26N2O4. The molecule has 0 aromatic heterocycles. The Morgan fingerprint density at radius 2 is 1.57 bits per heavy atom. The van der Waals surface area contributed by atoms with Crippen molar-refractivity contribution >= 4 is 12.0 Å². The summed E-state index contributed by atoms with van der Waals surface area (Å²) in [5.41, 5.74) is 3.51. The minimum Gasteiger partial charge on any atom is -0.449 e.